The number of fused-ring (bicyclic) bond motifs is 1. The molecule has 0 aliphatic carbocycles. The van der Waals surface area contributed by atoms with Crippen LogP contribution in [0.15, 0.2) is 21.3 Å². The van der Waals surface area contributed by atoms with Crippen LogP contribution in [-0.2, 0) is 11.2 Å². The second-order valence-electron chi connectivity index (χ2n) is 8.55. The van der Waals surface area contributed by atoms with E-state index in [2.05, 4.69) is 14.0 Å². The number of carbonyl (C=O) groups excluding carboxylic acids is 1. The summed E-state index contributed by atoms with van der Waals surface area (Å²) in [6.45, 7) is 5.02. The molecule has 1 aromatic heterocycles. The van der Waals surface area contributed by atoms with E-state index < -0.39 is 11.6 Å². The van der Waals surface area contributed by atoms with Crippen molar-refractivity contribution in [1.82, 2.24) is 0 Å². The Morgan fingerprint density at radius 2 is 1.96 bits per heavy atom. The molecule has 158 valence electrons. The zero-order chi connectivity index (χ0) is 19.3. The molecule has 2 aliphatic heterocycles. The highest BCUT2D eigenvalue weighted by molar-refractivity contribution is 5.88. The Bertz CT molecular complexity index is 700. The lowest BCUT2D eigenvalue weighted by Crippen LogP contribution is -3.00. The lowest BCUT2D eigenvalue weighted by molar-refractivity contribution is -0.947. The molecule has 6 heteroatoms. The highest BCUT2D eigenvalue weighted by Crippen LogP contribution is 2.36. The van der Waals surface area contributed by atoms with Crippen LogP contribution in [0.5, 0.6) is 0 Å². The molecule has 3 atom stereocenters. The summed E-state index contributed by atoms with van der Waals surface area (Å²) >= 11 is 0. The number of carbonyl (C=O) groups is 1. The molecule has 0 aromatic carbocycles. The quantitative estimate of drug-likeness (QED) is 0.241. The first kappa shape index (κ1) is 23.4. The molecule has 3 heterocycles. The maximum Gasteiger partial charge on any atom is 0.350 e. The predicted octanol–water partition coefficient (Wildman–Crippen LogP) is 0.942. The van der Waals surface area contributed by atoms with E-state index in [1.807, 2.05) is 0 Å². The molecule has 0 bridgehead atoms. The number of ether oxygens (including phenoxy) is 1. The number of unbranched alkanes of at least 4 members (excludes halogenated alkanes) is 2. The molecule has 1 unspecified atom stereocenters. The van der Waals surface area contributed by atoms with Crippen LogP contribution >= 0.6 is 0 Å². The van der Waals surface area contributed by atoms with Crippen LogP contribution in [0.2, 0.25) is 0 Å². The summed E-state index contributed by atoms with van der Waals surface area (Å²) in [5, 5.41) is 0. The van der Waals surface area contributed by atoms with Crippen molar-refractivity contribution in [3.8, 4) is 0 Å². The molecule has 2 aliphatic rings. The number of hydrogen-bond acceptors (Lipinski definition) is 4. The molecule has 5 nitrogen and oxygen atoms in total. The van der Waals surface area contributed by atoms with Crippen LogP contribution in [0.3, 0.4) is 0 Å². The van der Waals surface area contributed by atoms with Gasteiger partial charge >= 0.3 is 11.6 Å². The van der Waals surface area contributed by atoms with Gasteiger partial charge in [-0.3, -0.25) is 0 Å². The molecule has 0 amide bonds. The second kappa shape index (κ2) is 10.8. The van der Waals surface area contributed by atoms with Crippen molar-refractivity contribution in [3.05, 3.63) is 33.9 Å². The Kier molecular flexibility index (Phi) is 8.99. The van der Waals surface area contributed by atoms with Gasteiger partial charge in [0, 0.05) is 18.8 Å². The van der Waals surface area contributed by atoms with Gasteiger partial charge in [0.25, 0.3) is 0 Å². The van der Waals surface area contributed by atoms with Crippen LogP contribution in [0.4, 0.5) is 0 Å². The third kappa shape index (κ3) is 5.59. The molecule has 2 fully saturated rings. The van der Waals surface area contributed by atoms with Gasteiger partial charge in [-0.2, -0.15) is 0 Å². The van der Waals surface area contributed by atoms with Crippen molar-refractivity contribution in [2.75, 3.05) is 26.7 Å². The van der Waals surface area contributed by atoms with E-state index in [9.17, 15) is 9.59 Å². The van der Waals surface area contributed by atoms with Crippen molar-refractivity contribution in [2.45, 2.75) is 70.8 Å². The average molecular weight is 503 g/mol. The zero-order valence-corrected chi connectivity index (χ0v) is 19.4. The van der Waals surface area contributed by atoms with Crippen molar-refractivity contribution in [2.24, 2.45) is 5.92 Å². The summed E-state index contributed by atoms with van der Waals surface area (Å²) < 4.78 is 12.0. The van der Waals surface area contributed by atoms with E-state index >= 15 is 0 Å². The number of rotatable bonds is 7. The van der Waals surface area contributed by atoms with Gasteiger partial charge < -0.3 is 37.6 Å². The fraction of sp³-hybridized carbons (Fsp3) is 0.727. The van der Waals surface area contributed by atoms with Crippen molar-refractivity contribution in [1.29, 1.82) is 0 Å². The molecule has 1 aromatic rings. The number of piperidine rings is 2. The average Bonchev–Trinajstić information content (AvgIpc) is 2.66. The largest absolute Gasteiger partial charge is 1.00 e. The Balaban J connectivity index is 0.00000280. The molecule has 0 spiro atoms. The molecule has 3 rings (SSSR count). The van der Waals surface area contributed by atoms with Crippen molar-refractivity contribution >= 4 is 5.97 Å². The van der Waals surface area contributed by atoms with Gasteiger partial charge in [0.05, 0.1) is 26.2 Å². The van der Waals surface area contributed by atoms with Crippen molar-refractivity contribution in [3.63, 3.8) is 0 Å². The second-order valence-corrected chi connectivity index (χ2v) is 8.55. The molecule has 2 saturated heterocycles. The van der Waals surface area contributed by atoms with E-state index in [-0.39, 0.29) is 29.5 Å². The molecule has 0 N–H and O–H groups in total. The van der Waals surface area contributed by atoms with E-state index in [0.29, 0.717) is 24.3 Å². The molecule has 0 saturated carbocycles. The monoisotopic (exact) mass is 503 g/mol. The normalized spacial score (nSPS) is 26.8. The first-order chi connectivity index (χ1) is 13.0. The van der Waals surface area contributed by atoms with Crippen LogP contribution < -0.4 is 29.6 Å². The van der Waals surface area contributed by atoms with Gasteiger partial charge in [0.2, 0.25) is 0 Å². The van der Waals surface area contributed by atoms with Crippen molar-refractivity contribution < 1.29 is 42.4 Å². The number of quaternary nitrogens is 1. The molecular weight excluding hydrogens is 469 g/mol. The minimum absolute atomic E-state index is 0. The molecular formula is C22H34INO4. The minimum atomic E-state index is -0.573. The summed E-state index contributed by atoms with van der Waals surface area (Å²) in [5.41, 5.74) is -0.554. The number of hydrogen-bond donors (Lipinski definition) is 0. The standard InChI is InChI=1S/C22H34NO4.HI/c1-3-4-5-10-18-12-13-19(22(25)27-18)21(24)26-16-17-9-8-15-23(2)14-7-6-11-20(17)23;/h12-13,17,20H,3-11,14-16H2,1-2H3;1H/q+1;/p-1/t17-,20+,23?;/m1./s1. The zero-order valence-electron chi connectivity index (χ0n) is 17.3. The topological polar surface area (TPSA) is 56.5 Å². The van der Waals surface area contributed by atoms with Gasteiger partial charge in [-0.25, -0.2) is 9.59 Å². The van der Waals surface area contributed by atoms with Gasteiger partial charge in [-0.15, -0.1) is 0 Å². The molecule has 28 heavy (non-hydrogen) atoms. The first-order valence-electron chi connectivity index (χ1n) is 10.7. The van der Waals surface area contributed by atoms with E-state index in [1.54, 1.807) is 12.1 Å². The lowest BCUT2D eigenvalue weighted by Gasteiger charge is -2.51. The van der Waals surface area contributed by atoms with E-state index in [0.717, 1.165) is 36.6 Å². The fourth-order valence-electron chi connectivity index (χ4n) is 4.98. The highest BCUT2D eigenvalue weighted by Gasteiger charge is 2.43. The Labute approximate surface area is 185 Å². The maximum absolute atomic E-state index is 12.4. The Morgan fingerprint density at radius 3 is 2.71 bits per heavy atom. The summed E-state index contributed by atoms with van der Waals surface area (Å²) in [7, 11) is 2.35. The summed E-state index contributed by atoms with van der Waals surface area (Å²) in [5.74, 6) is 0.500. The Hall–Kier alpha value is -0.890. The van der Waals surface area contributed by atoms with E-state index in [4.69, 9.17) is 9.15 Å². The number of aryl methyl sites for hydroxylation is 1. The SMILES string of the molecule is CCCCCc1ccc(C(=O)OC[C@H]2CCC[N+]3(C)CCCC[C@@H]23)c(=O)o1.[I-]. The third-order valence-electron chi connectivity index (χ3n) is 6.56. The van der Waals surface area contributed by atoms with Crippen LogP contribution in [0, 0.1) is 5.92 Å². The predicted molar refractivity (Wildman–Crippen MR) is 105 cm³/mol. The Morgan fingerprint density at radius 1 is 1.18 bits per heavy atom. The highest BCUT2D eigenvalue weighted by atomic mass is 127. The summed E-state index contributed by atoms with van der Waals surface area (Å²) in [4.78, 5) is 24.6. The third-order valence-corrected chi connectivity index (χ3v) is 6.56. The summed E-state index contributed by atoms with van der Waals surface area (Å²) in [6, 6.07) is 3.89. The van der Waals surface area contributed by atoms with Gasteiger partial charge in [0.15, 0.2) is 0 Å². The smallest absolute Gasteiger partial charge is 0.350 e. The molecule has 0 radical (unpaired) electrons. The fourth-order valence-corrected chi connectivity index (χ4v) is 4.98. The maximum atomic E-state index is 12.4. The van der Waals surface area contributed by atoms with Crippen LogP contribution in [0.25, 0.3) is 0 Å². The number of halogens is 1. The minimum Gasteiger partial charge on any atom is -1.00 e. The first-order valence-corrected chi connectivity index (χ1v) is 10.7. The number of nitrogens with zero attached hydrogens (tertiary/aromatic N) is 1. The summed E-state index contributed by atoms with van der Waals surface area (Å²) in [6.07, 6.45) is 10.0. The van der Waals surface area contributed by atoms with Gasteiger partial charge in [-0.1, -0.05) is 19.8 Å². The van der Waals surface area contributed by atoms with Crippen LogP contribution in [-0.4, -0.2) is 43.2 Å². The van der Waals surface area contributed by atoms with E-state index in [1.165, 1.54) is 38.8 Å². The number of esters is 1. The van der Waals surface area contributed by atoms with Gasteiger partial charge in [0.1, 0.15) is 17.9 Å². The lowest BCUT2D eigenvalue weighted by atomic mass is 9.82. The van der Waals surface area contributed by atoms with Crippen LogP contribution in [0.1, 0.15) is 74.4 Å². The van der Waals surface area contributed by atoms with Gasteiger partial charge in [-0.05, 0) is 44.2 Å².